The van der Waals surface area contributed by atoms with E-state index < -0.39 is 0 Å². The van der Waals surface area contributed by atoms with Gasteiger partial charge in [-0.2, -0.15) is 0 Å². The second kappa shape index (κ2) is 7.85. The molecule has 0 atom stereocenters. The Morgan fingerprint density at radius 1 is 1.12 bits per heavy atom. The number of rotatable bonds is 4. The lowest BCUT2D eigenvalue weighted by Gasteiger charge is -2.07. The SMILES string of the molecule is Cc1cc(C)c(-c2csc(NC(=O)C=Cc3cccc(Cl)c3)n2)cc1C. The van der Waals surface area contributed by atoms with E-state index in [1.807, 2.05) is 17.5 Å². The third-order valence-electron chi connectivity index (χ3n) is 4.13. The van der Waals surface area contributed by atoms with Crippen LogP contribution in [0, 0.1) is 20.8 Å². The largest absolute Gasteiger partial charge is 0.298 e. The fourth-order valence-corrected chi connectivity index (χ4v) is 3.53. The topological polar surface area (TPSA) is 42.0 Å². The van der Waals surface area contributed by atoms with Crippen LogP contribution >= 0.6 is 22.9 Å². The third kappa shape index (κ3) is 4.40. The maximum atomic E-state index is 12.1. The van der Waals surface area contributed by atoms with Crippen molar-refractivity contribution in [2.24, 2.45) is 0 Å². The quantitative estimate of drug-likeness (QED) is 0.559. The summed E-state index contributed by atoms with van der Waals surface area (Å²) in [6.45, 7) is 6.27. The highest BCUT2D eigenvalue weighted by atomic mass is 35.5. The van der Waals surface area contributed by atoms with Gasteiger partial charge in [0.05, 0.1) is 5.69 Å². The number of benzene rings is 2. The summed E-state index contributed by atoms with van der Waals surface area (Å²) in [6, 6.07) is 11.6. The molecule has 1 heterocycles. The normalized spacial score (nSPS) is 11.1. The lowest BCUT2D eigenvalue weighted by atomic mass is 9.99. The predicted octanol–water partition coefficient (Wildman–Crippen LogP) is 6.04. The van der Waals surface area contributed by atoms with Gasteiger partial charge in [0.15, 0.2) is 5.13 Å². The van der Waals surface area contributed by atoms with Crippen LogP contribution in [0.5, 0.6) is 0 Å². The molecule has 132 valence electrons. The van der Waals surface area contributed by atoms with Gasteiger partial charge in [0.25, 0.3) is 0 Å². The first kappa shape index (κ1) is 18.4. The number of aryl methyl sites for hydroxylation is 3. The van der Waals surface area contributed by atoms with Gasteiger partial charge < -0.3 is 0 Å². The van der Waals surface area contributed by atoms with Gasteiger partial charge in [-0.25, -0.2) is 4.98 Å². The van der Waals surface area contributed by atoms with Gasteiger partial charge in [-0.1, -0.05) is 29.8 Å². The summed E-state index contributed by atoms with van der Waals surface area (Å²) in [4.78, 5) is 16.7. The van der Waals surface area contributed by atoms with Crippen molar-refractivity contribution in [2.45, 2.75) is 20.8 Å². The van der Waals surface area contributed by atoms with Gasteiger partial charge in [-0.3, -0.25) is 10.1 Å². The zero-order chi connectivity index (χ0) is 18.7. The monoisotopic (exact) mass is 382 g/mol. The van der Waals surface area contributed by atoms with Gasteiger partial charge in [0.2, 0.25) is 5.91 Å². The summed E-state index contributed by atoms with van der Waals surface area (Å²) in [5, 5.41) is 6.00. The molecule has 0 aliphatic heterocycles. The Balaban J connectivity index is 1.72. The fraction of sp³-hybridized carbons (Fsp3) is 0.143. The molecule has 1 N–H and O–H groups in total. The molecule has 0 radical (unpaired) electrons. The Hall–Kier alpha value is -2.43. The van der Waals surface area contributed by atoms with Crippen LogP contribution in [0.4, 0.5) is 5.13 Å². The van der Waals surface area contributed by atoms with Crippen molar-refractivity contribution in [1.29, 1.82) is 0 Å². The number of aromatic nitrogens is 1. The predicted molar refractivity (Wildman–Crippen MR) is 111 cm³/mol. The molecule has 1 amide bonds. The van der Waals surface area contributed by atoms with E-state index in [0.29, 0.717) is 10.2 Å². The van der Waals surface area contributed by atoms with Crippen molar-refractivity contribution in [3.63, 3.8) is 0 Å². The molecule has 0 fully saturated rings. The summed E-state index contributed by atoms with van der Waals surface area (Å²) in [5.41, 5.74) is 6.52. The second-order valence-electron chi connectivity index (χ2n) is 6.17. The van der Waals surface area contributed by atoms with Crippen molar-refractivity contribution in [3.8, 4) is 11.3 Å². The number of hydrogen-bond donors (Lipinski definition) is 1. The lowest BCUT2D eigenvalue weighted by Crippen LogP contribution is -2.07. The lowest BCUT2D eigenvalue weighted by molar-refractivity contribution is -0.111. The number of thiazole rings is 1. The van der Waals surface area contributed by atoms with Crippen LogP contribution in [0.25, 0.3) is 17.3 Å². The van der Waals surface area contributed by atoms with Crippen molar-refractivity contribution >= 4 is 40.1 Å². The Morgan fingerprint density at radius 2 is 1.88 bits per heavy atom. The van der Waals surface area contributed by atoms with E-state index in [1.165, 1.54) is 34.1 Å². The summed E-state index contributed by atoms with van der Waals surface area (Å²) in [7, 11) is 0. The Morgan fingerprint density at radius 3 is 2.65 bits per heavy atom. The van der Waals surface area contributed by atoms with Gasteiger partial charge in [-0.05, 0) is 67.3 Å². The highest BCUT2D eigenvalue weighted by Crippen LogP contribution is 2.29. The number of amides is 1. The molecule has 3 nitrogen and oxygen atoms in total. The molecule has 0 saturated carbocycles. The summed E-state index contributed by atoms with van der Waals surface area (Å²) < 4.78 is 0. The molecule has 3 rings (SSSR count). The first-order chi connectivity index (χ1) is 12.4. The van der Waals surface area contributed by atoms with Crippen LogP contribution in [0.15, 0.2) is 47.9 Å². The van der Waals surface area contributed by atoms with Crippen molar-refractivity contribution in [2.75, 3.05) is 5.32 Å². The van der Waals surface area contributed by atoms with Crippen LogP contribution in [0.2, 0.25) is 5.02 Å². The average Bonchev–Trinajstić information content (AvgIpc) is 3.04. The molecule has 26 heavy (non-hydrogen) atoms. The molecule has 2 aromatic carbocycles. The summed E-state index contributed by atoms with van der Waals surface area (Å²) in [6.07, 6.45) is 3.21. The smallest absolute Gasteiger partial charge is 0.250 e. The Kier molecular flexibility index (Phi) is 5.55. The third-order valence-corrected chi connectivity index (χ3v) is 5.12. The highest BCUT2D eigenvalue weighted by molar-refractivity contribution is 7.14. The fourth-order valence-electron chi connectivity index (χ4n) is 2.62. The minimum atomic E-state index is -0.220. The van der Waals surface area contributed by atoms with Crippen molar-refractivity contribution in [1.82, 2.24) is 4.98 Å². The van der Waals surface area contributed by atoms with Crippen molar-refractivity contribution in [3.05, 3.63) is 75.1 Å². The van der Waals surface area contributed by atoms with Crippen LogP contribution in [-0.2, 0) is 4.79 Å². The Bertz CT molecular complexity index is 991. The molecule has 1 aromatic heterocycles. The zero-order valence-corrected chi connectivity index (χ0v) is 16.4. The molecule has 0 spiro atoms. The van der Waals surface area contributed by atoms with Crippen LogP contribution in [-0.4, -0.2) is 10.9 Å². The maximum Gasteiger partial charge on any atom is 0.250 e. The van der Waals surface area contributed by atoms with E-state index in [1.54, 1.807) is 18.2 Å². The van der Waals surface area contributed by atoms with Crippen molar-refractivity contribution < 1.29 is 4.79 Å². The number of nitrogens with zero attached hydrogens (tertiary/aromatic N) is 1. The number of carbonyl (C=O) groups excluding carboxylic acids is 1. The molecular formula is C21H19ClN2OS. The minimum Gasteiger partial charge on any atom is -0.298 e. The standard InChI is InChI=1S/C21H19ClN2OS/c1-13-9-15(3)18(10-14(13)2)19-12-26-21(23-19)24-20(25)8-7-16-5-4-6-17(22)11-16/h4-12H,1-3H3,(H,23,24,25). The first-order valence-corrected chi connectivity index (χ1v) is 9.46. The maximum absolute atomic E-state index is 12.1. The molecule has 3 aromatic rings. The van der Waals surface area contributed by atoms with Gasteiger partial charge >= 0.3 is 0 Å². The highest BCUT2D eigenvalue weighted by Gasteiger charge is 2.10. The summed E-state index contributed by atoms with van der Waals surface area (Å²) in [5.74, 6) is -0.220. The molecule has 0 bridgehead atoms. The number of hydrogen-bond acceptors (Lipinski definition) is 3. The van der Waals surface area contributed by atoms with Gasteiger partial charge in [0, 0.05) is 22.0 Å². The molecule has 0 aliphatic rings. The molecule has 0 aliphatic carbocycles. The van der Waals surface area contributed by atoms with E-state index in [0.717, 1.165) is 16.8 Å². The minimum absolute atomic E-state index is 0.220. The number of nitrogens with one attached hydrogen (secondary N) is 1. The van der Waals surface area contributed by atoms with E-state index >= 15 is 0 Å². The van der Waals surface area contributed by atoms with Crippen LogP contribution < -0.4 is 5.32 Å². The second-order valence-corrected chi connectivity index (χ2v) is 7.46. The van der Waals surface area contributed by atoms with Crippen LogP contribution in [0.3, 0.4) is 0 Å². The van der Waals surface area contributed by atoms with E-state index in [-0.39, 0.29) is 5.91 Å². The number of anilines is 1. The van der Waals surface area contributed by atoms with E-state index in [9.17, 15) is 4.79 Å². The van der Waals surface area contributed by atoms with E-state index in [4.69, 9.17) is 11.6 Å². The molecular weight excluding hydrogens is 364 g/mol. The number of halogens is 1. The average molecular weight is 383 g/mol. The molecule has 0 unspecified atom stereocenters. The molecule has 0 saturated heterocycles. The van der Waals surface area contributed by atoms with Gasteiger partial charge in [-0.15, -0.1) is 11.3 Å². The summed E-state index contributed by atoms with van der Waals surface area (Å²) >= 11 is 7.36. The van der Waals surface area contributed by atoms with Gasteiger partial charge in [0.1, 0.15) is 0 Å². The number of carbonyl (C=O) groups is 1. The first-order valence-electron chi connectivity index (χ1n) is 8.21. The van der Waals surface area contributed by atoms with E-state index in [2.05, 4.69) is 43.2 Å². The Labute approximate surface area is 162 Å². The zero-order valence-electron chi connectivity index (χ0n) is 14.8. The molecule has 5 heteroatoms. The van der Waals surface area contributed by atoms with Crippen LogP contribution in [0.1, 0.15) is 22.3 Å².